The van der Waals surface area contributed by atoms with Crippen molar-refractivity contribution in [3.63, 3.8) is 0 Å². The topological polar surface area (TPSA) is 17.1 Å². The van der Waals surface area contributed by atoms with Crippen molar-refractivity contribution in [2.45, 2.75) is 38.5 Å². The summed E-state index contributed by atoms with van der Waals surface area (Å²) in [6.45, 7) is 4.28. The van der Waals surface area contributed by atoms with Crippen LogP contribution in [0.5, 0.6) is 0 Å². The van der Waals surface area contributed by atoms with E-state index in [4.69, 9.17) is 0 Å². The van der Waals surface area contributed by atoms with E-state index < -0.39 is 0 Å². The lowest BCUT2D eigenvalue weighted by molar-refractivity contribution is -0.112. The Labute approximate surface area is 97.2 Å². The summed E-state index contributed by atoms with van der Waals surface area (Å²) in [6.07, 6.45) is 4.08. The van der Waals surface area contributed by atoms with E-state index in [0.29, 0.717) is 0 Å². The molecule has 0 N–H and O–H groups in total. The minimum Gasteiger partial charge on any atom is -0.302 e. The van der Waals surface area contributed by atoms with Gasteiger partial charge in [0.25, 0.3) is 0 Å². The van der Waals surface area contributed by atoms with Crippen molar-refractivity contribution >= 4 is 6.29 Å². The van der Waals surface area contributed by atoms with Crippen LogP contribution in [0.3, 0.4) is 0 Å². The first-order chi connectivity index (χ1) is 7.68. The van der Waals surface area contributed by atoms with Crippen molar-refractivity contribution < 1.29 is 4.79 Å². The Balaban J connectivity index is 2.37. The van der Waals surface area contributed by atoms with Gasteiger partial charge >= 0.3 is 0 Å². The first-order valence-electron chi connectivity index (χ1n) is 5.85. The zero-order valence-electron chi connectivity index (χ0n) is 9.99. The van der Waals surface area contributed by atoms with Gasteiger partial charge in [-0.2, -0.15) is 0 Å². The minimum atomic E-state index is -0.256. The maximum absolute atomic E-state index is 11.5. The monoisotopic (exact) mass is 214 g/mol. The summed E-state index contributed by atoms with van der Waals surface area (Å²) in [5.41, 5.74) is 3.74. The molecule has 0 radical (unpaired) electrons. The molecule has 1 aliphatic carbocycles. The van der Waals surface area contributed by atoms with Crippen LogP contribution in [0.1, 0.15) is 38.7 Å². The third kappa shape index (κ3) is 1.82. The van der Waals surface area contributed by atoms with Crippen molar-refractivity contribution in [2.75, 3.05) is 0 Å². The molecule has 1 aromatic rings. The third-order valence-corrected chi connectivity index (χ3v) is 3.68. The molecule has 0 aromatic heterocycles. The second kappa shape index (κ2) is 4.25. The van der Waals surface area contributed by atoms with Crippen LogP contribution in [-0.4, -0.2) is 6.29 Å². The average Bonchev–Trinajstić information content (AvgIpc) is 2.76. The molecule has 1 heteroatoms. The van der Waals surface area contributed by atoms with Crippen LogP contribution in [0.25, 0.3) is 0 Å². The first-order valence-corrected chi connectivity index (χ1v) is 5.85. The maximum atomic E-state index is 11.5. The van der Waals surface area contributed by atoms with Crippen LogP contribution < -0.4 is 0 Å². The third-order valence-electron chi connectivity index (χ3n) is 3.68. The van der Waals surface area contributed by atoms with Gasteiger partial charge in [-0.3, -0.25) is 0 Å². The summed E-state index contributed by atoms with van der Waals surface area (Å²) in [5.74, 6) is 0. The summed E-state index contributed by atoms with van der Waals surface area (Å²) in [4.78, 5) is 11.5. The zero-order chi connectivity index (χ0) is 11.6. The number of hydrogen-bond donors (Lipinski definition) is 0. The summed E-state index contributed by atoms with van der Waals surface area (Å²) >= 11 is 0. The largest absolute Gasteiger partial charge is 0.302 e. The van der Waals surface area contributed by atoms with Crippen LogP contribution >= 0.6 is 0 Å². The molecular formula is C15H18O. The summed E-state index contributed by atoms with van der Waals surface area (Å²) in [5, 5.41) is 0. The molecule has 1 saturated carbocycles. The molecule has 1 atom stereocenters. The van der Waals surface area contributed by atoms with Crippen LogP contribution in [0.4, 0.5) is 0 Å². The van der Waals surface area contributed by atoms with Gasteiger partial charge in [0.1, 0.15) is 6.29 Å². The molecule has 0 unspecified atom stereocenters. The molecule has 1 aliphatic rings. The SMILES string of the molecule is CC(C)=C1CC[C@](C=O)(c2ccccc2)C1. The van der Waals surface area contributed by atoms with Gasteiger partial charge in [0.05, 0.1) is 5.41 Å². The lowest BCUT2D eigenvalue weighted by Gasteiger charge is -2.22. The fraction of sp³-hybridized carbons (Fsp3) is 0.400. The van der Waals surface area contributed by atoms with Crippen molar-refractivity contribution in [1.82, 2.24) is 0 Å². The normalized spacial score (nSPS) is 24.5. The molecule has 0 amide bonds. The van der Waals surface area contributed by atoms with Gasteiger partial charge in [0.2, 0.25) is 0 Å². The number of carbonyl (C=O) groups is 1. The summed E-state index contributed by atoms with van der Waals surface area (Å²) < 4.78 is 0. The fourth-order valence-corrected chi connectivity index (χ4v) is 2.54. The maximum Gasteiger partial charge on any atom is 0.130 e. The highest BCUT2D eigenvalue weighted by atomic mass is 16.1. The standard InChI is InChI=1S/C15H18O/c1-12(2)13-8-9-15(10-13,11-16)14-6-4-3-5-7-14/h3-7,11H,8-10H2,1-2H3/t15-/m0/s1. The van der Waals surface area contributed by atoms with Crippen molar-refractivity contribution in [3.8, 4) is 0 Å². The molecule has 0 bridgehead atoms. The quantitative estimate of drug-likeness (QED) is 0.542. The smallest absolute Gasteiger partial charge is 0.130 e. The van der Waals surface area contributed by atoms with E-state index in [0.717, 1.165) is 25.5 Å². The highest BCUT2D eigenvalue weighted by Gasteiger charge is 2.37. The summed E-state index contributed by atoms with van der Waals surface area (Å²) in [7, 11) is 0. The van der Waals surface area contributed by atoms with E-state index in [2.05, 4.69) is 26.0 Å². The van der Waals surface area contributed by atoms with Crippen LogP contribution in [0.15, 0.2) is 41.5 Å². The lowest BCUT2D eigenvalue weighted by Crippen LogP contribution is -2.23. The highest BCUT2D eigenvalue weighted by Crippen LogP contribution is 2.43. The van der Waals surface area contributed by atoms with E-state index in [1.807, 2.05) is 18.2 Å². The Hall–Kier alpha value is -1.37. The fourth-order valence-electron chi connectivity index (χ4n) is 2.54. The molecule has 16 heavy (non-hydrogen) atoms. The number of carbonyl (C=O) groups excluding carboxylic acids is 1. The average molecular weight is 214 g/mol. The van der Waals surface area contributed by atoms with E-state index in [9.17, 15) is 4.79 Å². The lowest BCUT2D eigenvalue weighted by atomic mass is 9.80. The van der Waals surface area contributed by atoms with E-state index in [-0.39, 0.29) is 5.41 Å². The second-order valence-electron chi connectivity index (χ2n) is 4.92. The Kier molecular flexibility index (Phi) is 2.95. The molecule has 1 nitrogen and oxygen atoms in total. The highest BCUT2D eigenvalue weighted by molar-refractivity contribution is 5.70. The Morgan fingerprint density at radius 2 is 1.94 bits per heavy atom. The predicted molar refractivity (Wildman–Crippen MR) is 66.4 cm³/mol. The molecule has 0 spiro atoms. The summed E-state index contributed by atoms with van der Waals surface area (Å²) in [6, 6.07) is 10.2. The number of aldehydes is 1. The van der Waals surface area contributed by atoms with E-state index in [1.54, 1.807) is 0 Å². The van der Waals surface area contributed by atoms with Gasteiger partial charge in [-0.15, -0.1) is 0 Å². The Bertz CT molecular complexity index is 412. The molecule has 1 aromatic carbocycles. The van der Waals surface area contributed by atoms with E-state index in [1.165, 1.54) is 16.7 Å². The van der Waals surface area contributed by atoms with E-state index >= 15 is 0 Å². The van der Waals surface area contributed by atoms with Crippen LogP contribution in [-0.2, 0) is 10.2 Å². The Morgan fingerprint density at radius 1 is 1.25 bits per heavy atom. The Morgan fingerprint density at radius 3 is 2.44 bits per heavy atom. The van der Waals surface area contributed by atoms with Crippen LogP contribution in [0.2, 0.25) is 0 Å². The van der Waals surface area contributed by atoms with Crippen molar-refractivity contribution in [3.05, 3.63) is 47.0 Å². The number of rotatable bonds is 2. The van der Waals surface area contributed by atoms with Gasteiger partial charge in [-0.05, 0) is 38.7 Å². The van der Waals surface area contributed by atoms with Gasteiger partial charge in [0.15, 0.2) is 0 Å². The van der Waals surface area contributed by atoms with Gasteiger partial charge in [-0.1, -0.05) is 41.5 Å². The molecule has 84 valence electrons. The minimum absolute atomic E-state index is 0.256. The number of benzene rings is 1. The molecule has 0 saturated heterocycles. The van der Waals surface area contributed by atoms with Crippen molar-refractivity contribution in [1.29, 1.82) is 0 Å². The van der Waals surface area contributed by atoms with Gasteiger partial charge in [0, 0.05) is 0 Å². The predicted octanol–water partition coefficient (Wildman–Crippen LogP) is 3.64. The second-order valence-corrected chi connectivity index (χ2v) is 4.92. The molecule has 1 fully saturated rings. The van der Waals surface area contributed by atoms with Crippen molar-refractivity contribution in [2.24, 2.45) is 0 Å². The molecule has 0 aliphatic heterocycles. The van der Waals surface area contributed by atoms with Gasteiger partial charge < -0.3 is 4.79 Å². The van der Waals surface area contributed by atoms with Gasteiger partial charge in [-0.25, -0.2) is 0 Å². The molecule has 0 heterocycles. The number of hydrogen-bond acceptors (Lipinski definition) is 1. The van der Waals surface area contributed by atoms with Crippen LogP contribution in [0, 0.1) is 0 Å². The molecule has 2 rings (SSSR count). The molecular weight excluding hydrogens is 196 g/mol. The number of allylic oxidation sites excluding steroid dienone is 2. The zero-order valence-corrected chi connectivity index (χ0v) is 9.99. The first kappa shape index (κ1) is 11.1.